The van der Waals surface area contributed by atoms with Crippen molar-refractivity contribution in [2.24, 2.45) is 0 Å². The van der Waals surface area contributed by atoms with Crippen LogP contribution in [0.1, 0.15) is 20.3 Å². The third-order valence-corrected chi connectivity index (χ3v) is 3.85. The lowest BCUT2D eigenvalue weighted by molar-refractivity contribution is 1.18. The molecule has 0 unspecified atom stereocenters. The lowest BCUT2D eigenvalue weighted by Gasteiger charge is -2.13. The minimum atomic E-state index is 0.948. The fourth-order valence-electron chi connectivity index (χ4n) is 2.75. The summed E-state index contributed by atoms with van der Waals surface area (Å²) in [4.78, 5) is 4.55. The van der Waals surface area contributed by atoms with E-state index in [4.69, 9.17) is 0 Å². The number of hydrogen-bond acceptors (Lipinski definition) is 3. The first-order valence-corrected chi connectivity index (χ1v) is 8.57. The molecular weight excluding hydrogens is 306 g/mol. The van der Waals surface area contributed by atoms with Gasteiger partial charge in [-0.2, -0.15) is 0 Å². The minimum absolute atomic E-state index is 0.948. The Labute approximate surface area is 149 Å². The molecule has 0 saturated carbocycles. The van der Waals surface area contributed by atoms with E-state index in [9.17, 15) is 0 Å². The zero-order valence-electron chi connectivity index (χ0n) is 14.7. The summed E-state index contributed by atoms with van der Waals surface area (Å²) in [5.74, 6) is 0. The first kappa shape index (κ1) is 16.8. The van der Waals surface area contributed by atoms with Crippen LogP contribution in [-0.2, 0) is 0 Å². The van der Waals surface area contributed by atoms with Crippen LogP contribution in [0.2, 0.25) is 0 Å². The van der Waals surface area contributed by atoms with E-state index in [1.807, 2.05) is 36.5 Å². The summed E-state index contributed by atoms with van der Waals surface area (Å²) < 4.78 is 0. The number of allylic oxidation sites excluding steroid dienone is 2. The Bertz CT molecular complexity index is 854. The molecule has 1 heterocycles. The molecule has 3 aromatic rings. The second-order valence-electron chi connectivity index (χ2n) is 5.89. The van der Waals surface area contributed by atoms with Gasteiger partial charge in [0, 0.05) is 28.8 Å². The predicted octanol–water partition coefficient (Wildman–Crippen LogP) is 6.22. The van der Waals surface area contributed by atoms with Crippen molar-refractivity contribution in [3.05, 3.63) is 84.7 Å². The second kappa shape index (κ2) is 8.15. The molecule has 0 radical (unpaired) electrons. The van der Waals surface area contributed by atoms with Crippen molar-refractivity contribution < 1.29 is 0 Å². The van der Waals surface area contributed by atoms with E-state index in [1.165, 1.54) is 0 Å². The molecule has 1 aromatic heterocycles. The summed E-state index contributed by atoms with van der Waals surface area (Å²) in [5, 5.41) is 6.92. The Hall–Kier alpha value is -3.07. The number of benzene rings is 2. The highest BCUT2D eigenvalue weighted by Gasteiger charge is 2.06. The van der Waals surface area contributed by atoms with Crippen LogP contribution >= 0.6 is 0 Å². The monoisotopic (exact) mass is 329 g/mol. The van der Waals surface area contributed by atoms with Gasteiger partial charge in [-0.25, -0.2) is 0 Å². The topological polar surface area (TPSA) is 37.0 Å². The Kier molecular flexibility index (Phi) is 5.47. The molecule has 3 heteroatoms. The van der Waals surface area contributed by atoms with Gasteiger partial charge in [-0.15, -0.1) is 0 Å². The third-order valence-electron chi connectivity index (χ3n) is 3.85. The van der Waals surface area contributed by atoms with E-state index in [-0.39, 0.29) is 0 Å². The molecule has 3 nitrogen and oxygen atoms in total. The first-order chi connectivity index (χ1) is 12.3. The average Bonchev–Trinajstić information content (AvgIpc) is 2.63. The Morgan fingerprint density at radius 1 is 0.960 bits per heavy atom. The Balaban J connectivity index is 1.85. The molecule has 25 heavy (non-hydrogen) atoms. The average molecular weight is 329 g/mol. The van der Waals surface area contributed by atoms with E-state index < -0.39 is 0 Å². The lowest BCUT2D eigenvalue weighted by Crippen LogP contribution is -1.98. The van der Waals surface area contributed by atoms with Crippen molar-refractivity contribution in [1.82, 2.24) is 4.98 Å². The molecule has 0 aliphatic carbocycles. The fourth-order valence-corrected chi connectivity index (χ4v) is 2.75. The van der Waals surface area contributed by atoms with Gasteiger partial charge in [-0.1, -0.05) is 49.4 Å². The van der Waals surface area contributed by atoms with Gasteiger partial charge in [0.05, 0.1) is 11.4 Å². The van der Waals surface area contributed by atoms with Gasteiger partial charge in [0.25, 0.3) is 0 Å². The third kappa shape index (κ3) is 4.48. The van der Waals surface area contributed by atoms with Crippen molar-refractivity contribution in [2.75, 3.05) is 10.6 Å². The molecule has 0 amide bonds. The van der Waals surface area contributed by atoms with Crippen LogP contribution in [-0.4, -0.2) is 4.98 Å². The van der Waals surface area contributed by atoms with Gasteiger partial charge in [0.15, 0.2) is 0 Å². The fraction of sp³-hybridized carbons (Fsp3) is 0.136. The van der Waals surface area contributed by atoms with E-state index >= 15 is 0 Å². The number of pyridine rings is 1. The molecule has 0 aliphatic heterocycles. The summed E-state index contributed by atoms with van der Waals surface area (Å²) in [7, 11) is 0. The lowest BCUT2D eigenvalue weighted by atomic mass is 10.1. The molecule has 126 valence electrons. The first-order valence-electron chi connectivity index (χ1n) is 8.57. The summed E-state index contributed by atoms with van der Waals surface area (Å²) in [6.45, 7) is 4.22. The maximum Gasteiger partial charge on any atom is 0.0936 e. The minimum Gasteiger partial charge on any atom is -0.359 e. The normalized spacial score (nSPS) is 11.2. The summed E-state index contributed by atoms with van der Waals surface area (Å²) in [6, 6.07) is 22.5. The molecule has 2 aromatic carbocycles. The molecule has 0 aliphatic rings. The highest BCUT2D eigenvalue weighted by molar-refractivity contribution is 5.78. The smallest absolute Gasteiger partial charge is 0.0936 e. The van der Waals surface area contributed by atoms with Crippen molar-refractivity contribution in [3.8, 4) is 11.3 Å². The number of aromatic nitrogens is 1. The highest BCUT2D eigenvalue weighted by Crippen LogP contribution is 2.29. The zero-order valence-corrected chi connectivity index (χ0v) is 14.7. The highest BCUT2D eigenvalue weighted by atomic mass is 14.9. The van der Waals surface area contributed by atoms with Crippen molar-refractivity contribution in [1.29, 1.82) is 0 Å². The van der Waals surface area contributed by atoms with Gasteiger partial charge in [-0.3, -0.25) is 4.98 Å². The van der Waals surface area contributed by atoms with Crippen LogP contribution in [0.3, 0.4) is 0 Å². The van der Waals surface area contributed by atoms with E-state index in [0.717, 1.165) is 40.4 Å². The number of rotatable bonds is 6. The second-order valence-corrected chi connectivity index (χ2v) is 5.89. The molecule has 3 rings (SSSR count). The summed E-state index contributed by atoms with van der Waals surface area (Å²) in [5.41, 5.74) is 6.29. The Morgan fingerprint density at radius 2 is 1.76 bits per heavy atom. The van der Waals surface area contributed by atoms with Gasteiger partial charge in [-0.05, 0) is 43.7 Å². The van der Waals surface area contributed by atoms with Crippen LogP contribution in [0.5, 0.6) is 0 Å². The molecular formula is C22H23N3. The van der Waals surface area contributed by atoms with E-state index in [2.05, 4.69) is 71.9 Å². The zero-order chi connectivity index (χ0) is 17.5. The van der Waals surface area contributed by atoms with Gasteiger partial charge in [0.2, 0.25) is 0 Å². The van der Waals surface area contributed by atoms with Crippen LogP contribution in [0.15, 0.2) is 84.7 Å². The molecule has 0 saturated heterocycles. The van der Waals surface area contributed by atoms with Gasteiger partial charge in [0.1, 0.15) is 0 Å². The maximum atomic E-state index is 4.55. The van der Waals surface area contributed by atoms with Crippen LogP contribution < -0.4 is 10.6 Å². The standard InChI is InChI=1S/C22H23N3/c1-3-9-17(2)24-19-12-7-13-20(16-19)25-21-14-8-15-23-22(21)18-10-5-4-6-11-18/h4-16,24-25H,3H2,1-2H3/b17-9-. The molecule has 2 N–H and O–H groups in total. The predicted molar refractivity (Wildman–Crippen MR) is 107 cm³/mol. The molecule has 0 bridgehead atoms. The quantitative estimate of drug-likeness (QED) is 0.564. The van der Waals surface area contributed by atoms with E-state index in [1.54, 1.807) is 0 Å². The summed E-state index contributed by atoms with van der Waals surface area (Å²) in [6.07, 6.45) is 5.02. The summed E-state index contributed by atoms with van der Waals surface area (Å²) >= 11 is 0. The maximum absolute atomic E-state index is 4.55. The van der Waals surface area contributed by atoms with Crippen LogP contribution in [0, 0.1) is 0 Å². The van der Waals surface area contributed by atoms with Gasteiger partial charge < -0.3 is 10.6 Å². The number of anilines is 3. The SMILES string of the molecule is CC/C=C(/C)Nc1cccc(Nc2cccnc2-c2ccccc2)c1. The Morgan fingerprint density at radius 3 is 2.56 bits per heavy atom. The number of nitrogens with one attached hydrogen (secondary N) is 2. The molecule has 0 fully saturated rings. The van der Waals surface area contributed by atoms with Crippen LogP contribution in [0.4, 0.5) is 17.1 Å². The van der Waals surface area contributed by atoms with Crippen molar-refractivity contribution in [3.63, 3.8) is 0 Å². The van der Waals surface area contributed by atoms with E-state index in [0.29, 0.717) is 0 Å². The number of nitrogens with zero attached hydrogens (tertiary/aromatic N) is 1. The number of hydrogen-bond donors (Lipinski definition) is 2. The van der Waals surface area contributed by atoms with Gasteiger partial charge >= 0.3 is 0 Å². The molecule has 0 spiro atoms. The van der Waals surface area contributed by atoms with Crippen molar-refractivity contribution in [2.45, 2.75) is 20.3 Å². The van der Waals surface area contributed by atoms with Crippen LogP contribution in [0.25, 0.3) is 11.3 Å². The molecule has 0 atom stereocenters. The van der Waals surface area contributed by atoms with Crippen molar-refractivity contribution >= 4 is 17.1 Å². The largest absolute Gasteiger partial charge is 0.359 e.